The number of amides is 3. The highest BCUT2D eigenvalue weighted by Crippen LogP contribution is 2.20. The number of aryl methyl sites for hydroxylation is 2. The van der Waals surface area contributed by atoms with Crippen molar-refractivity contribution < 1.29 is 14.3 Å². The summed E-state index contributed by atoms with van der Waals surface area (Å²) in [5.41, 5.74) is 2.05. The van der Waals surface area contributed by atoms with Gasteiger partial charge in [0.25, 0.3) is 0 Å². The van der Waals surface area contributed by atoms with Crippen LogP contribution in [0.3, 0.4) is 0 Å². The minimum absolute atomic E-state index is 0.0346. The molecule has 0 fully saturated rings. The number of urea groups is 1. The number of benzene rings is 1. The molecule has 146 valence electrons. The zero-order chi connectivity index (χ0) is 19.8. The SMILES string of the molecule is CCCn1ncnc1C(C)NC(=O)Nc1cc(NC(=O)COC)ccc1C. The van der Waals surface area contributed by atoms with Gasteiger partial charge in [-0.1, -0.05) is 13.0 Å². The van der Waals surface area contributed by atoms with E-state index in [-0.39, 0.29) is 24.6 Å². The summed E-state index contributed by atoms with van der Waals surface area (Å²) in [7, 11) is 1.45. The third-order valence-corrected chi connectivity index (χ3v) is 3.86. The molecule has 1 heterocycles. The van der Waals surface area contributed by atoms with Gasteiger partial charge in [-0.15, -0.1) is 0 Å². The standard InChI is InChI=1S/C18H26N6O3/c1-5-8-24-17(19-11-20-24)13(3)21-18(26)23-15-9-14(7-6-12(15)2)22-16(25)10-27-4/h6-7,9,11,13H,5,8,10H2,1-4H3,(H,22,25)(H2,21,23,26). The van der Waals surface area contributed by atoms with Crippen LogP contribution in [0, 0.1) is 6.92 Å². The van der Waals surface area contributed by atoms with Crippen LogP contribution >= 0.6 is 0 Å². The number of nitrogens with one attached hydrogen (secondary N) is 3. The average molecular weight is 374 g/mol. The smallest absolute Gasteiger partial charge is 0.319 e. The molecule has 0 aliphatic rings. The minimum atomic E-state index is -0.364. The molecule has 0 aliphatic heterocycles. The lowest BCUT2D eigenvalue weighted by Crippen LogP contribution is -2.33. The van der Waals surface area contributed by atoms with Crippen LogP contribution in [0.4, 0.5) is 16.2 Å². The van der Waals surface area contributed by atoms with Crippen molar-refractivity contribution in [3.63, 3.8) is 0 Å². The van der Waals surface area contributed by atoms with Gasteiger partial charge in [0, 0.05) is 25.0 Å². The second kappa shape index (κ2) is 9.67. The van der Waals surface area contributed by atoms with Gasteiger partial charge in [0.1, 0.15) is 18.8 Å². The lowest BCUT2D eigenvalue weighted by atomic mass is 10.2. The van der Waals surface area contributed by atoms with Crippen molar-refractivity contribution in [2.45, 2.75) is 39.8 Å². The van der Waals surface area contributed by atoms with E-state index in [1.54, 1.807) is 16.8 Å². The maximum atomic E-state index is 12.4. The molecule has 1 unspecified atom stereocenters. The molecule has 2 aromatic rings. The van der Waals surface area contributed by atoms with Crippen molar-refractivity contribution in [2.24, 2.45) is 0 Å². The number of hydrogen-bond acceptors (Lipinski definition) is 5. The Labute approximate surface area is 158 Å². The maximum absolute atomic E-state index is 12.4. The summed E-state index contributed by atoms with van der Waals surface area (Å²) in [5.74, 6) is 0.435. The Morgan fingerprint density at radius 2 is 2.07 bits per heavy atom. The first-order valence-electron chi connectivity index (χ1n) is 8.79. The quantitative estimate of drug-likeness (QED) is 0.657. The Morgan fingerprint density at radius 3 is 2.78 bits per heavy atom. The van der Waals surface area contributed by atoms with Crippen LogP contribution in [0.15, 0.2) is 24.5 Å². The molecule has 1 aromatic carbocycles. The van der Waals surface area contributed by atoms with Crippen molar-refractivity contribution >= 4 is 23.3 Å². The molecule has 1 aromatic heterocycles. The third-order valence-electron chi connectivity index (χ3n) is 3.86. The normalized spacial score (nSPS) is 11.7. The number of hydrogen-bond donors (Lipinski definition) is 3. The van der Waals surface area contributed by atoms with E-state index in [4.69, 9.17) is 4.74 Å². The lowest BCUT2D eigenvalue weighted by Gasteiger charge is -2.16. The van der Waals surface area contributed by atoms with Crippen molar-refractivity contribution in [3.8, 4) is 0 Å². The van der Waals surface area contributed by atoms with Gasteiger partial charge in [0.15, 0.2) is 0 Å². The van der Waals surface area contributed by atoms with Gasteiger partial charge in [-0.25, -0.2) is 14.5 Å². The van der Waals surface area contributed by atoms with Crippen molar-refractivity contribution in [2.75, 3.05) is 24.4 Å². The van der Waals surface area contributed by atoms with Gasteiger partial charge >= 0.3 is 6.03 Å². The first-order chi connectivity index (χ1) is 12.9. The van der Waals surface area contributed by atoms with E-state index in [0.717, 1.165) is 18.5 Å². The van der Waals surface area contributed by atoms with Crippen molar-refractivity contribution in [3.05, 3.63) is 35.9 Å². The van der Waals surface area contributed by atoms with Gasteiger partial charge in [-0.3, -0.25) is 4.79 Å². The molecule has 0 radical (unpaired) electrons. The van der Waals surface area contributed by atoms with Crippen LogP contribution < -0.4 is 16.0 Å². The molecule has 0 aliphatic carbocycles. The van der Waals surface area contributed by atoms with E-state index in [1.165, 1.54) is 13.4 Å². The Bertz CT molecular complexity index is 789. The Hall–Kier alpha value is -2.94. The molecule has 3 N–H and O–H groups in total. The predicted octanol–water partition coefficient (Wildman–Crippen LogP) is 2.46. The summed E-state index contributed by atoms with van der Waals surface area (Å²) >= 11 is 0. The fraction of sp³-hybridized carbons (Fsp3) is 0.444. The average Bonchev–Trinajstić information content (AvgIpc) is 3.07. The molecule has 0 saturated carbocycles. The number of nitrogens with zero attached hydrogens (tertiary/aromatic N) is 3. The molecule has 9 nitrogen and oxygen atoms in total. The monoisotopic (exact) mass is 374 g/mol. The molecule has 3 amide bonds. The highest BCUT2D eigenvalue weighted by molar-refractivity contribution is 5.94. The van der Waals surface area contributed by atoms with E-state index in [9.17, 15) is 9.59 Å². The summed E-state index contributed by atoms with van der Waals surface area (Å²) in [4.78, 5) is 28.3. The fourth-order valence-electron chi connectivity index (χ4n) is 2.57. The molecule has 0 bridgehead atoms. The second-order valence-corrected chi connectivity index (χ2v) is 6.17. The zero-order valence-electron chi connectivity index (χ0n) is 16.1. The van der Waals surface area contributed by atoms with Gasteiger partial charge in [-0.05, 0) is 38.0 Å². The second-order valence-electron chi connectivity index (χ2n) is 6.17. The molecular formula is C18H26N6O3. The van der Waals surface area contributed by atoms with Crippen LogP contribution in [0.5, 0.6) is 0 Å². The topological polar surface area (TPSA) is 110 Å². The van der Waals surface area contributed by atoms with Crippen LogP contribution in [-0.2, 0) is 16.1 Å². The van der Waals surface area contributed by atoms with E-state index < -0.39 is 0 Å². The van der Waals surface area contributed by atoms with Gasteiger partial charge in [-0.2, -0.15) is 5.10 Å². The van der Waals surface area contributed by atoms with E-state index >= 15 is 0 Å². The molecule has 0 spiro atoms. The molecule has 0 saturated heterocycles. The summed E-state index contributed by atoms with van der Waals surface area (Å²) in [6, 6.07) is 4.62. The van der Waals surface area contributed by atoms with Crippen LogP contribution in [0.1, 0.15) is 37.7 Å². The molecule has 27 heavy (non-hydrogen) atoms. The minimum Gasteiger partial charge on any atom is -0.375 e. The van der Waals surface area contributed by atoms with Gasteiger partial charge in [0.2, 0.25) is 5.91 Å². The third kappa shape index (κ3) is 5.78. The lowest BCUT2D eigenvalue weighted by molar-refractivity contribution is -0.119. The summed E-state index contributed by atoms with van der Waals surface area (Å²) in [5, 5.41) is 12.5. The number of anilines is 2. The highest BCUT2D eigenvalue weighted by Gasteiger charge is 2.16. The number of aromatic nitrogens is 3. The van der Waals surface area contributed by atoms with E-state index in [0.29, 0.717) is 17.2 Å². The summed E-state index contributed by atoms with van der Waals surface area (Å²) < 4.78 is 6.58. The molecule has 2 rings (SSSR count). The number of ether oxygens (including phenoxy) is 1. The first kappa shape index (κ1) is 20.4. The van der Waals surface area contributed by atoms with Crippen LogP contribution in [0.2, 0.25) is 0 Å². The van der Waals surface area contributed by atoms with Crippen LogP contribution in [-0.4, -0.2) is 40.4 Å². The van der Waals surface area contributed by atoms with Crippen molar-refractivity contribution in [1.29, 1.82) is 0 Å². The predicted molar refractivity (Wildman–Crippen MR) is 103 cm³/mol. The number of carbonyl (C=O) groups excluding carboxylic acids is 2. The van der Waals surface area contributed by atoms with Crippen LogP contribution in [0.25, 0.3) is 0 Å². The number of methoxy groups -OCH3 is 1. The molecular weight excluding hydrogens is 348 g/mol. The van der Waals surface area contributed by atoms with E-state index in [1.807, 2.05) is 19.9 Å². The molecule has 1 atom stereocenters. The first-order valence-corrected chi connectivity index (χ1v) is 8.79. The largest absolute Gasteiger partial charge is 0.375 e. The fourth-order valence-corrected chi connectivity index (χ4v) is 2.57. The van der Waals surface area contributed by atoms with Gasteiger partial charge < -0.3 is 20.7 Å². The zero-order valence-corrected chi connectivity index (χ0v) is 16.1. The van der Waals surface area contributed by atoms with Crippen molar-refractivity contribution in [1.82, 2.24) is 20.1 Å². The summed E-state index contributed by atoms with van der Waals surface area (Å²) in [6.07, 6.45) is 2.41. The Balaban J connectivity index is 2.02. The maximum Gasteiger partial charge on any atom is 0.319 e. The number of rotatable bonds is 8. The number of carbonyl (C=O) groups is 2. The van der Waals surface area contributed by atoms with E-state index in [2.05, 4.69) is 33.0 Å². The highest BCUT2D eigenvalue weighted by atomic mass is 16.5. The molecule has 9 heteroatoms. The Morgan fingerprint density at radius 1 is 1.30 bits per heavy atom. The summed E-state index contributed by atoms with van der Waals surface area (Å²) in [6.45, 7) is 6.48. The van der Waals surface area contributed by atoms with Gasteiger partial charge in [0.05, 0.1) is 6.04 Å². The Kier molecular flexibility index (Phi) is 7.30.